The fraction of sp³-hybridized carbons (Fsp3) is 0.333. The van der Waals surface area contributed by atoms with Gasteiger partial charge < -0.3 is 0 Å². The lowest BCUT2D eigenvalue weighted by molar-refractivity contribution is -0.385. The quantitative estimate of drug-likeness (QED) is 0.588. The third kappa shape index (κ3) is 3.42. The number of non-ortho nitro benzene ring substituents is 2. The van der Waals surface area contributed by atoms with E-state index in [1.54, 1.807) is 24.3 Å². The highest BCUT2D eigenvalue weighted by molar-refractivity contribution is 5.36. The Hall–Kier alpha value is -2.76. The molecule has 3 rings (SSSR count). The number of nitro groups is 2. The molecule has 1 aliphatic rings. The minimum absolute atomic E-state index is 0.123. The highest BCUT2D eigenvalue weighted by Gasteiger charge is 2.24. The third-order valence-corrected chi connectivity index (χ3v) is 4.88. The lowest BCUT2D eigenvalue weighted by Crippen LogP contribution is -2.12. The maximum absolute atomic E-state index is 10.7. The van der Waals surface area contributed by atoms with E-state index in [1.807, 2.05) is 24.3 Å². The number of nitro benzene ring substituents is 2. The Morgan fingerprint density at radius 1 is 0.625 bits per heavy atom. The van der Waals surface area contributed by atoms with Crippen LogP contribution < -0.4 is 0 Å². The van der Waals surface area contributed by atoms with Crippen molar-refractivity contribution < 1.29 is 9.85 Å². The van der Waals surface area contributed by atoms with E-state index in [4.69, 9.17) is 0 Å². The average molecular weight is 326 g/mol. The predicted molar refractivity (Wildman–Crippen MR) is 90.1 cm³/mol. The highest BCUT2D eigenvalue weighted by atomic mass is 16.6. The van der Waals surface area contributed by atoms with Crippen molar-refractivity contribution in [3.8, 4) is 0 Å². The number of hydrogen-bond donors (Lipinski definition) is 0. The molecule has 2 aromatic carbocycles. The van der Waals surface area contributed by atoms with Crippen molar-refractivity contribution in [3.63, 3.8) is 0 Å². The van der Waals surface area contributed by atoms with Crippen LogP contribution in [0.5, 0.6) is 0 Å². The molecule has 0 N–H and O–H groups in total. The summed E-state index contributed by atoms with van der Waals surface area (Å²) in [5.41, 5.74) is 2.56. The number of nitrogens with zero attached hydrogens (tertiary/aromatic N) is 2. The molecule has 0 spiro atoms. The Kier molecular flexibility index (Phi) is 4.55. The Labute approximate surface area is 139 Å². The van der Waals surface area contributed by atoms with E-state index in [0.29, 0.717) is 11.8 Å². The predicted octanol–water partition coefficient (Wildman–Crippen LogP) is 4.94. The first-order valence-corrected chi connectivity index (χ1v) is 8.03. The topological polar surface area (TPSA) is 86.3 Å². The van der Waals surface area contributed by atoms with Crippen LogP contribution in [0.2, 0.25) is 0 Å². The van der Waals surface area contributed by atoms with Gasteiger partial charge in [-0.1, -0.05) is 24.3 Å². The average Bonchev–Trinajstić information content (AvgIpc) is 2.62. The maximum Gasteiger partial charge on any atom is 0.269 e. The van der Waals surface area contributed by atoms with Gasteiger partial charge in [-0.3, -0.25) is 20.2 Å². The fourth-order valence-electron chi connectivity index (χ4n) is 3.50. The first kappa shape index (κ1) is 16.1. The van der Waals surface area contributed by atoms with Crippen LogP contribution in [0, 0.1) is 20.2 Å². The van der Waals surface area contributed by atoms with Crippen molar-refractivity contribution in [1.29, 1.82) is 0 Å². The lowest BCUT2D eigenvalue weighted by atomic mass is 9.76. The first-order valence-electron chi connectivity index (χ1n) is 8.03. The van der Waals surface area contributed by atoms with Crippen molar-refractivity contribution in [1.82, 2.24) is 0 Å². The molecule has 1 fully saturated rings. The zero-order chi connectivity index (χ0) is 17.1. The minimum atomic E-state index is -0.380. The highest BCUT2D eigenvalue weighted by Crippen LogP contribution is 2.40. The van der Waals surface area contributed by atoms with Crippen molar-refractivity contribution in [3.05, 3.63) is 79.9 Å². The lowest BCUT2D eigenvalue weighted by Gasteiger charge is -2.29. The molecule has 124 valence electrons. The standard InChI is InChI=1S/C18H18N2O4/c21-19(22)17-9-5-15(6-10-17)13-1-2-14(4-3-13)16-7-11-18(12-8-16)20(23)24/h5-14H,1-4H2. The zero-order valence-electron chi connectivity index (χ0n) is 13.1. The summed E-state index contributed by atoms with van der Waals surface area (Å²) < 4.78 is 0. The summed E-state index contributed by atoms with van der Waals surface area (Å²) in [6.07, 6.45) is 4.11. The summed E-state index contributed by atoms with van der Waals surface area (Å²) >= 11 is 0. The maximum atomic E-state index is 10.7. The van der Waals surface area contributed by atoms with Gasteiger partial charge in [0.05, 0.1) is 9.85 Å². The van der Waals surface area contributed by atoms with Crippen molar-refractivity contribution in [2.45, 2.75) is 37.5 Å². The van der Waals surface area contributed by atoms with E-state index in [1.165, 1.54) is 0 Å². The van der Waals surface area contributed by atoms with Crippen molar-refractivity contribution >= 4 is 11.4 Å². The molecule has 0 heterocycles. The Morgan fingerprint density at radius 2 is 0.917 bits per heavy atom. The van der Waals surface area contributed by atoms with E-state index in [9.17, 15) is 20.2 Å². The van der Waals surface area contributed by atoms with Gasteiger partial charge in [0.1, 0.15) is 0 Å². The van der Waals surface area contributed by atoms with Crippen LogP contribution in [0.4, 0.5) is 11.4 Å². The third-order valence-electron chi connectivity index (χ3n) is 4.88. The smallest absolute Gasteiger partial charge is 0.258 e. The molecule has 24 heavy (non-hydrogen) atoms. The molecule has 0 aromatic heterocycles. The molecule has 0 radical (unpaired) electrons. The normalized spacial score (nSPS) is 20.5. The van der Waals surface area contributed by atoms with Gasteiger partial charge in [0.15, 0.2) is 0 Å². The first-order chi connectivity index (χ1) is 11.5. The van der Waals surface area contributed by atoms with Crippen LogP contribution in [0.15, 0.2) is 48.5 Å². The van der Waals surface area contributed by atoms with Crippen LogP contribution in [-0.2, 0) is 0 Å². The van der Waals surface area contributed by atoms with E-state index in [-0.39, 0.29) is 21.2 Å². The van der Waals surface area contributed by atoms with E-state index in [2.05, 4.69) is 0 Å². The summed E-state index contributed by atoms with van der Waals surface area (Å²) in [5, 5.41) is 21.4. The number of benzene rings is 2. The SMILES string of the molecule is O=[N+]([O-])c1ccc(C2CCC(c3ccc([N+](=O)[O-])cc3)CC2)cc1. The van der Waals surface area contributed by atoms with E-state index < -0.39 is 0 Å². The molecule has 0 amide bonds. The second-order valence-corrected chi connectivity index (χ2v) is 6.25. The molecule has 6 nitrogen and oxygen atoms in total. The van der Waals surface area contributed by atoms with Gasteiger partial charge in [-0.05, 0) is 48.6 Å². The second kappa shape index (κ2) is 6.78. The molecule has 0 unspecified atom stereocenters. The van der Waals surface area contributed by atoms with E-state index in [0.717, 1.165) is 36.8 Å². The van der Waals surface area contributed by atoms with Gasteiger partial charge in [0, 0.05) is 24.3 Å². The van der Waals surface area contributed by atoms with Crippen LogP contribution in [-0.4, -0.2) is 9.85 Å². The zero-order valence-corrected chi connectivity index (χ0v) is 13.1. The Bertz CT molecular complexity index is 667. The number of rotatable bonds is 4. The Balaban J connectivity index is 1.62. The van der Waals surface area contributed by atoms with E-state index >= 15 is 0 Å². The van der Waals surface area contributed by atoms with Crippen LogP contribution in [0.25, 0.3) is 0 Å². The monoisotopic (exact) mass is 326 g/mol. The van der Waals surface area contributed by atoms with Crippen molar-refractivity contribution in [2.24, 2.45) is 0 Å². The van der Waals surface area contributed by atoms with Gasteiger partial charge in [-0.2, -0.15) is 0 Å². The molecule has 0 saturated heterocycles. The molecule has 0 atom stereocenters. The molecule has 1 aliphatic carbocycles. The van der Waals surface area contributed by atoms with Crippen molar-refractivity contribution in [2.75, 3.05) is 0 Å². The minimum Gasteiger partial charge on any atom is -0.258 e. The summed E-state index contributed by atoms with van der Waals surface area (Å²) in [6, 6.07) is 13.7. The summed E-state index contributed by atoms with van der Waals surface area (Å²) in [6.45, 7) is 0. The molecule has 1 saturated carbocycles. The molecule has 6 heteroatoms. The largest absolute Gasteiger partial charge is 0.269 e. The Morgan fingerprint density at radius 3 is 1.17 bits per heavy atom. The van der Waals surface area contributed by atoms with Gasteiger partial charge in [-0.25, -0.2) is 0 Å². The summed E-state index contributed by atoms with van der Waals surface area (Å²) in [7, 11) is 0. The van der Waals surface area contributed by atoms with Crippen LogP contribution >= 0.6 is 0 Å². The van der Waals surface area contributed by atoms with Gasteiger partial charge in [-0.15, -0.1) is 0 Å². The van der Waals surface area contributed by atoms with Crippen LogP contribution in [0.1, 0.15) is 48.6 Å². The van der Waals surface area contributed by atoms with Gasteiger partial charge in [0.25, 0.3) is 11.4 Å². The molecule has 2 aromatic rings. The summed E-state index contributed by atoms with van der Waals surface area (Å²) in [5.74, 6) is 0.861. The summed E-state index contributed by atoms with van der Waals surface area (Å²) in [4.78, 5) is 20.7. The molecular weight excluding hydrogens is 308 g/mol. The number of hydrogen-bond acceptors (Lipinski definition) is 4. The molecular formula is C18H18N2O4. The fourth-order valence-corrected chi connectivity index (χ4v) is 3.50. The molecule has 0 bridgehead atoms. The van der Waals surface area contributed by atoms with Crippen LogP contribution in [0.3, 0.4) is 0 Å². The van der Waals surface area contributed by atoms with Gasteiger partial charge in [0.2, 0.25) is 0 Å². The van der Waals surface area contributed by atoms with Gasteiger partial charge >= 0.3 is 0 Å². The molecule has 0 aliphatic heterocycles. The second-order valence-electron chi connectivity index (χ2n) is 6.25.